The van der Waals surface area contributed by atoms with Crippen LogP contribution in [0.1, 0.15) is 11.3 Å². The number of aromatic nitrogens is 1. The van der Waals surface area contributed by atoms with E-state index in [0.717, 1.165) is 0 Å². The number of benzene rings is 1. The van der Waals surface area contributed by atoms with Crippen molar-refractivity contribution in [1.82, 2.24) is 5.16 Å². The summed E-state index contributed by atoms with van der Waals surface area (Å²) < 4.78 is 37.9. The number of aryl methyl sites for hydroxylation is 1. The van der Waals surface area contributed by atoms with E-state index >= 15 is 0 Å². The van der Waals surface area contributed by atoms with Gasteiger partial charge in [-0.1, -0.05) is 17.3 Å². The van der Waals surface area contributed by atoms with E-state index in [1.54, 1.807) is 26.0 Å². The van der Waals surface area contributed by atoms with Crippen LogP contribution in [0.25, 0.3) is 0 Å². The number of aliphatic carboxylic acids is 1. The van der Waals surface area contributed by atoms with Gasteiger partial charge < -0.3 is 19.7 Å². The van der Waals surface area contributed by atoms with E-state index in [4.69, 9.17) is 9.26 Å². The molecule has 0 saturated carbocycles. The molecule has 2 aliphatic heterocycles. The number of amides is 1. The maximum absolute atomic E-state index is 12.6. The third kappa shape index (κ3) is 3.46. The molecule has 158 valence electrons. The first-order valence-corrected chi connectivity index (χ1v) is 10.6. The Kier molecular flexibility index (Phi) is 4.86. The largest absolute Gasteiger partial charge is 0.481 e. The molecule has 30 heavy (non-hydrogen) atoms. The Morgan fingerprint density at radius 1 is 1.07 bits per heavy atom. The van der Waals surface area contributed by atoms with Gasteiger partial charge in [0, 0.05) is 11.3 Å². The van der Waals surface area contributed by atoms with E-state index < -0.39 is 45.9 Å². The highest BCUT2D eigenvalue weighted by Gasteiger charge is 2.53. The molecule has 4 rings (SSSR count). The highest BCUT2D eigenvalue weighted by Crippen LogP contribution is 2.39. The van der Waals surface area contributed by atoms with E-state index in [2.05, 4.69) is 15.2 Å². The van der Waals surface area contributed by atoms with E-state index in [0.29, 0.717) is 16.9 Å². The second-order valence-corrected chi connectivity index (χ2v) is 8.86. The zero-order valence-electron chi connectivity index (χ0n) is 16.0. The number of hydrogen-bond donors (Lipinski definition) is 3. The van der Waals surface area contributed by atoms with Crippen LogP contribution in [0.3, 0.4) is 0 Å². The van der Waals surface area contributed by atoms with Gasteiger partial charge in [-0.25, -0.2) is 13.1 Å². The molecule has 0 radical (unpaired) electrons. The van der Waals surface area contributed by atoms with E-state index in [-0.39, 0.29) is 10.8 Å². The van der Waals surface area contributed by atoms with Crippen LogP contribution in [0, 0.1) is 25.7 Å². The number of carboxylic acids is 1. The molecule has 0 aliphatic carbocycles. The summed E-state index contributed by atoms with van der Waals surface area (Å²) in [6.07, 6.45) is 2.12. The molecule has 0 unspecified atom stereocenters. The van der Waals surface area contributed by atoms with Gasteiger partial charge in [0.1, 0.15) is 5.92 Å². The monoisotopic (exact) mass is 433 g/mol. The topological polar surface area (TPSA) is 148 Å². The number of nitrogens with one attached hydrogen (secondary N) is 2. The molecule has 1 saturated heterocycles. The second kappa shape index (κ2) is 7.26. The average molecular weight is 433 g/mol. The molecule has 10 nitrogen and oxygen atoms in total. The fraction of sp³-hybridized carbons (Fsp3) is 0.316. The van der Waals surface area contributed by atoms with Crippen LogP contribution in [0.2, 0.25) is 0 Å². The molecule has 11 heteroatoms. The van der Waals surface area contributed by atoms with Crippen LogP contribution < -0.4 is 10.0 Å². The summed E-state index contributed by atoms with van der Waals surface area (Å²) in [5.74, 6) is -3.38. The van der Waals surface area contributed by atoms with E-state index in [9.17, 15) is 23.1 Å². The number of carbonyl (C=O) groups excluding carboxylic acids is 1. The summed E-state index contributed by atoms with van der Waals surface area (Å²) in [5.41, 5.74) is 1.49. The van der Waals surface area contributed by atoms with Gasteiger partial charge in [0.2, 0.25) is 11.8 Å². The number of anilines is 2. The number of sulfonamides is 1. The highest BCUT2D eigenvalue weighted by atomic mass is 32.2. The molecule has 0 spiro atoms. The van der Waals surface area contributed by atoms with Gasteiger partial charge in [-0.3, -0.25) is 9.59 Å². The molecular weight excluding hydrogens is 414 g/mol. The molecule has 2 bridgehead atoms. The van der Waals surface area contributed by atoms with Gasteiger partial charge >= 0.3 is 5.97 Å². The molecule has 1 aromatic carbocycles. The fourth-order valence-corrected chi connectivity index (χ4v) is 4.60. The van der Waals surface area contributed by atoms with Crippen molar-refractivity contribution in [2.24, 2.45) is 11.8 Å². The number of fused-ring (bicyclic) bond motifs is 2. The Morgan fingerprint density at radius 2 is 1.70 bits per heavy atom. The first-order chi connectivity index (χ1) is 14.2. The quantitative estimate of drug-likeness (QED) is 0.583. The second-order valence-electron chi connectivity index (χ2n) is 7.18. The number of carboxylic acid groups (broad SMARTS) is 1. The maximum atomic E-state index is 12.6. The van der Waals surface area contributed by atoms with E-state index in [1.165, 1.54) is 24.3 Å². The van der Waals surface area contributed by atoms with Gasteiger partial charge in [-0.2, -0.15) is 0 Å². The minimum absolute atomic E-state index is 0.0360. The molecule has 1 aromatic heterocycles. The molecule has 2 aromatic rings. The summed E-state index contributed by atoms with van der Waals surface area (Å²) in [5, 5.41) is 15.8. The van der Waals surface area contributed by atoms with Crippen molar-refractivity contribution in [3.05, 3.63) is 47.7 Å². The van der Waals surface area contributed by atoms with Crippen molar-refractivity contribution in [2.75, 3.05) is 10.0 Å². The van der Waals surface area contributed by atoms with Gasteiger partial charge in [0.25, 0.3) is 10.0 Å². The molecule has 3 N–H and O–H groups in total. The van der Waals surface area contributed by atoms with Crippen molar-refractivity contribution in [3.8, 4) is 0 Å². The van der Waals surface area contributed by atoms with Crippen LogP contribution in [-0.2, 0) is 24.3 Å². The Hall–Kier alpha value is -3.18. The van der Waals surface area contributed by atoms with Gasteiger partial charge in [0.15, 0.2) is 0 Å². The van der Waals surface area contributed by atoms with Crippen LogP contribution >= 0.6 is 0 Å². The van der Waals surface area contributed by atoms with Crippen molar-refractivity contribution in [1.29, 1.82) is 0 Å². The van der Waals surface area contributed by atoms with Crippen LogP contribution in [0.15, 0.2) is 45.8 Å². The van der Waals surface area contributed by atoms with Gasteiger partial charge in [-0.15, -0.1) is 0 Å². The highest BCUT2D eigenvalue weighted by molar-refractivity contribution is 7.92. The lowest BCUT2D eigenvalue weighted by atomic mass is 9.82. The van der Waals surface area contributed by atoms with Crippen molar-refractivity contribution >= 4 is 33.5 Å². The third-order valence-corrected chi connectivity index (χ3v) is 6.65. The van der Waals surface area contributed by atoms with Crippen molar-refractivity contribution < 1.29 is 32.4 Å². The Labute approximate surface area is 171 Å². The van der Waals surface area contributed by atoms with Gasteiger partial charge in [0.05, 0.1) is 28.7 Å². The third-order valence-electron chi connectivity index (χ3n) is 5.30. The minimum atomic E-state index is -3.91. The van der Waals surface area contributed by atoms with Crippen LogP contribution in [0.5, 0.6) is 0 Å². The molecule has 1 amide bonds. The molecule has 3 heterocycles. The molecule has 1 fully saturated rings. The summed E-state index contributed by atoms with van der Waals surface area (Å²) in [7, 11) is -3.91. The Balaban J connectivity index is 1.47. The summed E-state index contributed by atoms with van der Waals surface area (Å²) >= 11 is 0. The number of nitrogens with zero attached hydrogens (tertiary/aromatic N) is 1. The predicted octanol–water partition coefficient (Wildman–Crippen LogP) is 1.68. The number of hydrogen-bond acceptors (Lipinski definition) is 7. The first-order valence-electron chi connectivity index (χ1n) is 9.10. The molecular formula is C19H19N3O7S. The van der Waals surface area contributed by atoms with Crippen LogP contribution in [-0.4, -0.2) is 42.8 Å². The lowest BCUT2D eigenvalue weighted by Crippen LogP contribution is -2.39. The molecule has 2 aliphatic rings. The number of carbonyl (C=O) groups is 2. The van der Waals surface area contributed by atoms with Crippen molar-refractivity contribution in [2.45, 2.75) is 31.0 Å². The predicted molar refractivity (Wildman–Crippen MR) is 104 cm³/mol. The summed E-state index contributed by atoms with van der Waals surface area (Å²) in [4.78, 5) is 24.1. The Bertz CT molecular complexity index is 1140. The average Bonchev–Trinajstić information content (AvgIpc) is 3.39. The lowest BCUT2D eigenvalue weighted by Gasteiger charge is -2.21. The number of rotatable bonds is 6. The zero-order valence-corrected chi connectivity index (χ0v) is 16.8. The lowest BCUT2D eigenvalue weighted by molar-refractivity contribution is -0.145. The fourth-order valence-electron chi connectivity index (χ4n) is 3.55. The normalized spacial score (nSPS) is 24.7. The van der Waals surface area contributed by atoms with Crippen LogP contribution in [0.4, 0.5) is 11.6 Å². The smallest absolute Gasteiger partial charge is 0.310 e. The van der Waals surface area contributed by atoms with E-state index in [1.807, 2.05) is 0 Å². The summed E-state index contributed by atoms with van der Waals surface area (Å²) in [6.45, 7) is 3.38. The van der Waals surface area contributed by atoms with Gasteiger partial charge in [-0.05, 0) is 38.1 Å². The zero-order chi connectivity index (χ0) is 21.6. The maximum Gasteiger partial charge on any atom is 0.310 e. The number of ether oxygens (including phenoxy) is 1. The SMILES string of the molecule is Cc1noc(NS(=O)(=O)c2ccc(NC(=O)[C@H]3[C@@H](C(=O)O)[C@H]4C=C[C@H]3O4)cc2)c1C. The van der Waals surface area contributed by atoms with Crippen molar-refractivity contribution in [3.63, 3.8) is 0 Å². The summed E-state index contributed by atoms with van der Waals surface area (Å²) in [6, 6.07) is 5.49. The molecule has 4 atom stereocenters. The first kappa shape index (κ1) is 20.1. The Morgan fingerprint density at radius 3 is 2.27 bits per heavy atom. The minimum Gasteiger partial charge on any atom is -0.481 e. The standard InChI is InChI=1S/C19H19N3O7S/c1-9-10(2)21-29-18(9)22-30(26,27)12-5-3-11(4-6-12)20-17(23)15-13-7-8-14(28-13)16(15)19(24)25/h3-8,13-16,22H,1-2H3,(H,20,23)(H,24,25)/t13-,14-,15-,16+/m1/s1.